The van der Waals surface area contributed by atoms with E-state index >= 15 is 0 Å². The third-order valence-electron chi connectivity index (χ3n) is 5.78. The second-order valence-corrected chi connectivity index (χ2v) is 7.26. The van der Waals surface area contributed by atoms with Gasteiger partial charge in [-0.3, -0.25) is 0 Å². The summed E-state index contributed by atoms with van der Waals surface area (Å²) in [4.78, 5) is 0. The first-order valence-corrected chi connectivity index (χ1v) is 9.35. The number of rotatable bonds is 2. The van der Waals surface area contributed by atoms with Crippen LogP contribution in [0, 0.1) is 10.4 Å². The summed E-state index contributed by atoms with van der Waals surface area (Å²) in [6.45, 7) is 0. The van der Waals surface area contributed by atoms with Gasteiger partial charge in [0.25, 0.3) is 0 Å². The third-order valence-corrected chi connectivity index (χ3v) is 5.78. The second-order valence-electron chi connectivity index (χ2n) is 7.26. The van der Waals surface area contributed by atoms with Crippen molar-refractivity contribution in [1.82, 2.24) is 0 Å². The van der Waals surface area contributed by atoms with Gasteiger partial charge in [-0.05, 0) is 69.2 Å². The molecule has 3 aromatic carbocycles. The molecular formula is C25H22. The molecule has 25 heavy (non-hydrogen) atoms. The average Bonchev–Trinajstić information content (AvgIpc) is 2.68. The first kappa shape index (κ1) is 14.7. The van der Waals surface area contributed by atoms with Crippen molar-refractivity contribution < 1.29 is 0 Å². The second kappa shape index (κ2) is 6.04. The van der Waals surface area contributed by atoms with Gasteiger partial charge in [-0.25, -0.2) is 0 Å². The summed E-state index contributed by atoms with van der Waals surface area (Å²) >= 11 is 0. The van der Waals surface area contributed by atoms with Gasteiger partial charge in [-0.15, -0.1) is 0 Å². The van der Waals surface area contributed by atoms with Crippen molar-refractivity contribution in [2.75, 3.05) is 0 Å². The van der Waals surface area contributed by atoms with Crippen LogP contribution in [0.3, 0.4) is 0 Å². The van der Waals surface area contributed by atoms with Crippen molar-refractivity contribution in [3.05, 3.63) is 104 Å². The molecule has 0 saturated heterocycles. The lowest BCUT2D eigenvalue weighted by molar-refractivity contribution is 0.616. The Bertz CT molecular complexity index is 1140. The van der Waals surface area contributed by atoms with Crippen molar-refractivity contribution in [2.45, 2.75) is 31.6 Å². The molecule has 5 rings (SSSR count). The molecule has 122 valence electrons. The lowest BCUT2D eigenvalue weighted by atomic mass is 9.79. The molecule has 2 aliphatic carbocycles. The topological polar surface area (TPSA) is 0 Å². The van der Waals surface area contributed by atoms with Gasteiger partial charge in [0.05, 0.1) is 0 Å². The van der Waals surface area contributed by atoms with Crippen LogP contribution in [0.25, 0.3) is 12.2 Å². The summed E-state index contributed by atoms with van der Waals surface area (Å²) in [6, 6.07) is 24.5. The fourth-order valence-corrected chi connectivity index (χ4v) is 4.63. The zero-order valence-electron chi connectivity index (χ0n) is 14.4. The zero-order valence-corrected chi connectivity index (χ0v) is 14.4. The van der Waals surface area contributed by atoms with Gasteiger partial charge in [0.1, 0.15) is 0 Å². The Balaban J connectivity index is 1.74. The normalized spacial score (nSPS) is 17.5. The molecular weight excluding hydrogens is 300 g/mol. The van der Waals surface area contributed by atoms with Crippen LogP contribution in [-0.2, 0) is 12.8 Å². The van der Waals surface area contributed by atoms with E-state index in [1.165, 1.54) is 39.3 Å². The third kappa shape index (κ3) is 2.53. The summed E-state index contributed by atoms with van der Waals surface area (Å²) in [5, 5.41) is 5.70. The molecule has 1 atom stereocenters. The Morgan fingerprint density at radius 2 is 1.56 bits per heavy atom. The SMILES string of the molecule is C1=c2ccc3c(c2C(Cc2ccccc2)CC1)CC=c1ccccc1=3. The van der Waals surface area contributed by atoms with Crippen LogP contribution < -0.4 is 10.4 Å². The molecule has 0 fully saturated rings. The smallest absolute Gasteiger partial charge is 0.00790 e. The summed E-state index contributed by atoms with van der Waals surface area (Å²) in [5.74, 6) is 0.635. The molecule has 0 amide bonds. The maximum atomic E-state index is 2.44. The van der Waals surface area contributed by atoms with Crippen LogP contribution in [0.4, 0.5) is 0 Å². The fraction of sp³-hybridized carbons (Fsp3) is 0.200. The van der Waals surface area contributed by atoms with Crippen LogP contribution in [-0.4, -0.2) is 0 Å². The highest BCUT2D eigenvalue weighted by Gasteiger charge is 2.21. The highest BCUT2D eigenvalue weighted by molar-refractivity contribution is 5.49. The molecule has 3 aromatic rings. The Morgan fingerprint density at radius 1 is 0.720 bits per heavy atom. The number of benzene rings is 3. The number of hydrogen-bond donors (Lipinski definition) is 0. The van der Waals surface area contributed by atoms with Gasteiger partial charge in [-0.1, -0.05) is 78.9 Å². The lowest BCUT2D eigenvalue weighted by Gasteiger charge is -2.25. The van der Waals surface area contributed by atoms with E-state index in [1.54, 1.807) is 11.1 Å². The van der Waals surface area contributed by atoms with Crippen molar-refractivity contribution in [1.29, 1.82) is 0 Å². The van der Waals surface area contributed by atoms with Crippen LogP contribution in [0.5, 0.6) is 0 Å². The Kier molecular flexibility index (Phi) is 3.56. The van der Waals surface area contributed by atoms with Crippen LogP contribution in [0.15, 0.2) is 66.7 Å². The molecule has 2 aliphatic rings. The molecule has 0 heterocycles. The van der Waals surface area contributed by atoms with Gasteiger partial charge in [-0.2, -0.15) is 0 Å². The van der Waals surface area contributed by atoms with Gasteiger partial charge in [0.2, 0.25) is 0 Å². The van der Waals surface area contributed by atoms with E-state index in [-0.39, 0.29) is 0 Å². The lowest BCUT2D eigenvalue weighted by Crippen LogP contribution is -2.24. The summed E-state index contributed by atoms with van der Waals surface area (Å²) < 4.78 is 0. The van der Waals surface area contributed by atoms with Crippen LogP contribution in [0.1, 0.15) is 35.4 Å². The zero-order chi connectivity index (χ0) is 16.6. The van der Waals surface area contributed by atoms with E-state index in [2.05, 4.69) is 78.9 Å². The van der Waals surface area contributed by atoms with Crippen molar-refractivity contribution in [3.63, 3.8) is 0 Å². The molecule has 0 heteroatoms. The first-order chi connectivity index (χ1) is 12.4. The Labute approximate surface area is 148 Å². The molecule has 0 aromatic heterocycles. The van der Waals surface area contributed by atoms with E-state index in [4.69, 9.17) is 0 Å². The van der Waals surface area contributed by atoms with Crippen molar-refractivity contribution in [2.24, 2.45) is 0 Å². The Morgan fingerprint density at radius 3 is 2.48 bits per heavy atom. The maximum absolute atomic E-state index is 2.44. The monoisotopic (exact) mass is 322 g/mol. The largest absolute Gasteiger partial charge is 0.0769 e. The van der Waals surface area contributed by atoms with Crippen LogP contribution in [0.2, 0.25) is 0 Å². The molecule has 1 unspecified atom stereocenters. The molecule has 0 nitrogen and oxygen atoms in total. The highest BCUT2D eigenvalue weighted by atomic mass is 14.2. The minimum atomic E-state index is 0.635. The van der Waals surface area contributed by atoms with Crippen LogP contribution >= 0.6 is 0 Å². The fourth-order valence-electron chi connectivity index (χ4n) is 4.63. The summed E-state index contributed by atoms with van der Waals surface area (Å²) in [6.07, 6.45) is 9.53. The van der Waals surface area contributed by atoms with E-state index in [1.807, 2.05) is 0 Å². The predicted octanol–water partition coefficient (Wildman–Crippen LogP) is 4.21. The standard InChI is InChI=1S/C25H22/c1-2-7-18(8-3-1)17-21-11-6-10-20-14-15-23-22-12-5-4-9-19(22)13-16-24(23)25(20)21/h1-5,7-10,12-15,21H,6,11,16-17H2. The predicted molar refractivity (Wildman–Crippen MR) is 105 cm³/mol. The molecule has 0 spiro atoms. The van der Waals surface area contributed by atoms with Crippen molar-refractivity contribution in [3.8, 4) is 0 Å². The maximum Gasteiger partial charge on any atom is -0.00790 e. The minimum Gasteiger partial charge on any atom is -0.0769 e. The van der Waals surface area contributed by atoms with Crippen molar-refractivity contribution >= 4 is 12.2 Å². The molecule has 0 N–H and O–H groups in total. The van der Waals surface area contributed by atoms with E-state index in [0.29, 0.717) is 5.92 Å². The quantitative estimate of drug-likeness (QED) is 0.663. The molecule has 0 radical (unpaired) electrons. The minimum absolute atomic E-state index is 0.635. The van der Waals surface area contributed by atoms with Gasteiger partial charge >= 0.3 is 0 Å². The number of fused-ring (bicyclic) bond motifs is 4. The molecule has 0 saturated carbocycles. The van der Waals surface area contributed by atoms with E-state index < -0.39 is 0 Å². The number of hydrogen-bond acceptors (Lipinski definition) is 0. The van der Waals surface area contributed by atoms with Gasteiger partial charge < -0.3 is 0 Å². The molecule has 0 aliphatic heterocycles. The summed E-state index contributed by atoms with van der Waals surface area (Å²) in [5.41, 5.74) is 4.63. The van der Waals surface area contributed by atoms with Gasteiger partial charge in [0, 0.05) is 0 Å². The van der Waals surface area contributed by atoms with E-state index in [0.717, 1.165) is 12.8 Å². The average molecular weight is 322 g/mol. The first-order valence-electron chi connectivity index (χ1n) is 9.35. The van der Waals surface area contributed by atoms with Gasteiger partial charge in [0.15, 0.2) is 0 Å². The Hall–Kier alpha value is -2.60. The van der Waals surface area contributed by atoms with E-state index in [9.17, 15) is 0 Å². The summed E-state index contributed by atoms with van der Waals surface area (Å²) in [7, 11) is 0. The highest BCUT2D eigenvalue weighted by Crippen LogP contribution is 2.30. The molecule has 0 bridgehead atoms.